The van der Waals surface area contributed by atoms with Gasteiger partial charge in [0, 0.05) is 34.9 Å². The molecule has 1 aromatic carbocycles. The van der Waals surface area contributed by atoms with E-state index in [0.717, 1.165) is 28.8 Å². The molecule has 0 spiro atoms. The predicted octanol–water partition coefficient (Wildman–Crippen LogP) is 3.33. The van der Waals surface area contributed by atoms with Crippen LogP contribution in [0.15, 0.2) is 22.7 Å². The van der Waals surface area contributed by atoms with E-state index >= 15 is 0 Å². The van der Waals surface area contributed by atoms with Crippen LogP contribution < -0.4 is 4.90 Å². The van der Waals surface area contributed by atoms with E-state index < -0.39 is 0 Å². The third-order valence-corrected chi connectivity index (χ3v) is 4.99. The number of anilines is 1. The van der Waals surface area contributed by atoms with Crippen molar-refractivity contribution in [3.8, 4) is 0 Å². The Balaban J connectivity index is 1.80. The summed E-state index contributed by atoms with van der Waals surface area (Å²) in [6.45, 7) is 6.25. The molecule has 0 bridgehead atoms. The lowest BCUT2D eigenvalue weighted by molar-refractivity contribution is 0.101. The fraction of sp³-hybridized carbons (Fsp3) is 0.562. The number of rotatable bonds is 3. The van der Waals surface area contributed by atoms with Gasteiger partial charge in [-0.25, -0.2) is 0 Å². The first-order valence-electron chi connectivity index (χ1n) is 7.44. The molecule has 3 nitrogen and oxygen atoms in total. The molecule has 0 saturated carbocycles. The standard InChI is InChI=1S/C16H21BrN2O/c1-12(20)15-5-4-13(17)10-16(15)19-9-6-14(11-19)18-7-2-3-8-18/h4-5,10,14H,2-3,6-9,11H2,1H3. The topological polar surface area (TPSA) is 23.6 Å². The van der Waals surface area contributed by atoms with Gasteiger partial charge in [0.05, 0.1) is 0 Å². The van der Waals surface area contributed by atoms with Crippen molar-refractivity contribution in [1.82, 2.24) is 4.90 Å². The Labute approximate surface area is 129 Å². The fourth-order valence-corrected chi connectivity index (χ4v) is 3.78. The number of benzene rings is 1. The van der Waals surface area contributed by atoms with Gasteiger partial charge in [0.15, 0.2) is 5.78 Å². The van der Waals surface area contributed by atoms with Crippen molar-refractivity contribution in [3.05, 3.63) is 28.2 Å². The number of likely N-dealkylation sites (tertiary alicyclic amines) is 1. The molecule has 2 heterocycles. The molecule has 0 aromatic heterocycles. The van der Waals surface area contributed by atoms with E-state index in [1.54, 1.807) is 6.92 Å². The average molecular weight is 337 g/mol. The summed E-state index contributed by atoms with van der Waals surface area (Å²) in [6, 6.07) is 6.64. The number of carbonyl (C=O) groups is 1. The van der Waals surface area contributed by atoms with Gasteiger partial charge in [0.2, 0.25) is 0 Å². The van der Waals surface area contributed by atoms with E-state index in [1.165, 1.54) is 32.4 Å². The molecule has 20 heavy (non-hydrogen) atoms. The third kappa shape index (κ3) is 2.77. The lowest BCUT2D eigenvalue weighted by atomic mass is 10.1. The van der Waals surface area contributed by atoms with Crippen LogP contribution in [0.25, 0.3) is 0 Å². The Morgan fingerprint density at radius 3 is 2.70 bits per heavy atom. The second kappa shape index (κ2) is 5.86. The highest BCUT2D eigenvalue weighted by Crippen LogP contribution is 2.30. The quantitative estimate of drug-likeness (QED) is 0.791. The molecule has 0 amide bonds. The highest BCUT2D eigenvalue weighted by atomic mass is 79.9. The van der Waals surface area contributed by atoms with Gasteiger partial charge in [-0.05, 0) is 57.5 Å². The monoisotopic (exact) mass is 336 g/mol. The molecule has 2 fully saturated rings. The van der Waals surface area contributed by atoms with Crippen molar-refractivity contribution in [3.63, 3.8) is 0 Å². The molecule has 108 valence electrons. The summed E-state index contributed by atoms with van der Waals surface area (Å²) in [5.41, 5.74) is 1.93. The van der Waals surface area contributed by atoms with Crippen molar-refractivity contribution < 1.29 is 4.79 Å². The highest BCUT2D eigenvalue weighted by molar-refractivity contribution is 9.10. The number of nitrogens with zero attached hydrogens (tertiary/aromatic N) is 2. The van der Waals surface area contributed by atoms with Crippen LogP contribution in [0.5, 0.6) is 0 Å². The second-order valence-corrected chi connectivity index (χ2v) is 6.76. The summed E-state index contributed by atoms with van der Waals surface area (Å²) in [5, 5.41) is 0. The van der Waals surface area contributed by atoms with Gasteiger partial charge in [0.1, 0.15) is 0 Å². The van der Waals surface area contributed by atoms with E-state index in [0.29, 0.717) is 6.04 Å². The number of hydrogen-bond donors (Lipinski definition) is 0. The van der Waals surface area contributed by atoms with Crippen molar-refractivity contribution in [2.24, 2.45) is 0 Å². The maximum absolute atomic E-state index is 11.8. The molecule has 2 aliphatic heterocycles. The van der Waals surface area contributed by atoms with Crippen LogP contribution in [-0.4, -0.2) is 42.9 Å². The van der Waals surface area contributed by atoms with Crippen LogP contribution >= 0.6 is 15.9 Å². The van der Waals surface area contributed by atoms with Crippen LogP contribution in [0.2, 0.25) is 0 Å². The molecule has 2 saturated heterocycles. The van der Waals surface area contributed by atoms with E-state index in [9.17, 15) is 4.79 Å². The van der Waals surface area contributed by atoms with Crippen molar-refractivity contribution in [1.29, 1.82) is 0 Å². The first-order valence-corrected chi connectivity index (χ1v) is 8.24. The van der Waals surface area contributed by atoms with Crippen LogP contribution in [0, 0.1) is 0 Å². The van der Waals surface area contributed by atoms with Gasteiger partial charge in [0.25, 0.3) is 0 Å². The number of halogens is 1. The molecule has 1 unspecified atom stereocenters. The van der Waals surface area contributed by atoms with Gasteiger partial charge < -0.3 is 4.90 Å². The number of hydrogen-bond acceptors (Lipinski definition) is 3. The molecule has 1 atom stereocenters. The molecule has 0 radical (unpaired) electrons. The van der Waals surface area contributed by atoms with Gasteiger partial charge in [-0.2, -0.15) is 0 Å². The predicted molar refractivity (Wildman–Crippen MR) is 85.6 cm³/mol. The zero-order valence-electron chi connectivity index (χ0n) is 11.9. The van der Waals surface area contributed by atoms with E-state index in [-0.39, 0.29) is 5.78 Å². The molecular weight excluding hydrogens is 316 g/mol. The Bertz CT molecular complexity index is 511. The normalized spacial score (nSPS) is 23.5. The Hall–Kier alpha value is -0.870. The summed E-state index contributed by atoms with van der Waals surface area (Å²) in [6.07, 6.45) is 3.89. The van der Waals surface area contributed by atoms with Crippen LogP contribution in [0.3, 0.4) is 0 Å². The minimum absolute atomic E-state index is 0.150. The SMILES string of the molecule is CC(=O)c1ccc(Br)cc1N1CCC(N2CCCC2)C1. The first kappa shape index (κ1) is 14.1. The summed E-state index contributed by atoms with van der Waals surface area (Å²) >= 11 is 3.53. The number of Topliss-reactive ketones (excluding diaryl/α,β-unsaturated/α-hetero) is 1. The van der Waals surface area contributed by atoms with Gasteiger partial charge in [-0.15, -0.1) is 0 Å². The van der Waals surface area contributed by atoms with E-state index in [1.807, 2.05) is 12.1 Å². The maximum Gasteiger partial charge on any atom is 0.161 e. The molecule has 0 aliphatic carbocycles. The molecule has 1 aromatic rings. The molecular formula is C16H21BrN2O. The maximum atomic E-state index is 11.8. The molecule has 2 aliphatic rings. The zero-order chi connectivity index (χ0) is 14.1. The van der Waals surface area contributed by atoms with Gasteiger partial charge >= 0.3 is 0 Å². The van der Waals surface area contributed by atoms with E-state index in [4.69, 9.17) is 0 Å². The third-order valence-electron chi connectivity index (χ3n) is 4.50. The van der Waals surface area contributed by atoms with Crippen LogP contribution in [-0.2, 0) is 0 Å². The number of carbonyl (C=O) groups excluding carboxylic acids is 1. The molecule has 3 rings (SSSR count). The lowest BCUT2D eigenvalue weighted by Gasteiger charge is -2.25. The summed E-state index contributed by atoms with van der Waals surface area (Å²) in [5.74, 6) is 0.150. The highest BCUT2D eigenvalue weighted by Gasteiger charge is 2.30. The Morgan fingerprint density at radius 2 is 2.00 bits per heavy atom. The lowest BCUT2D eigenvalue weighted by Crippen LogP contribution is -2.35. The molecule has 4 heteroatoms. The van der Waals surface area contributed by atoms with Crippen molar-refractivity contribution in [2.75, 3.05) is 31.1 Å². The first-order chi connectivity index (χ1) is 9.65. The number of ketones is 1. The smallest absolute Gasteiger partial charge is 0.161 e. The summed E-state index contributed by atoms with van der Waals surface area (Å²) in [7, 11) is 0. The minimum Gasteiger partial charge on any atom is -0.369 e. The van der Waals surface area contributed by atoms with Crippen molar-refractivity contribution >= 4 is 27.4 Å². The Kier molecular flexibility index (Phi) is 4.13. The summed E-state index contributed by atoms with van der Waals surface area (Å²) in [4.78, 5) is 16.8. The van der Waals surface area contributed by atoms with Gasteiger partial charge in [-0.1, -0.05) is 15.9 Å². The largest absolute Gasteiger partial charge is 0.369 e. The van der Waals surface area contributed by atoms with Gasteiger partial charge in [-0.3, -0.25) is 9.69 Å². The van der Waals surface area contributed by atoms with Crippen LogP contribution in [0.1, 0.15) is 36.5 Å². The average Bonchev–Trinajstić information content (AvgIpc) is 3.09. The minimum atomic E-state index is 0.150. The van der Waals surface area contributed by atoms with E-state index in [2.05, 4.69) is 31.8 Å². The fourth-order valence-electron chi connectivity index (χ4n) is 3.43. The zero-order valence-corrected chi connectivity index (χ0v) is 13.5. The summed E-state index contributed by atoms with van der Waals surface area (Å²) < 4.78 is 1.04. The van der Waals surface area contributed by atoms with Crippen molar-refractivity contribution in [2.45, 2.75) is 32.2 Å². The molecule has 0 N–H and O–H groups in total. The second-order valence-electron chi connectivity index (χ2n) is 5.85. The van der Waals surface area contributed by atoms with Crippen LogP contribution in [0.4, 0.5) is 5.69 Å². The Morgan fingerprint density at radius 1 is 1.25 bits per heavy atom.